The molecule has 18 heavy (non-hydrogen) atoms. The lowest BCUT2D eigenvalue weighted by Gasteiger charge is -2.06. The second-order valence-electron chi connectivity index (χ2n) is 4.78. The molecule has 0 aromatic heterocycles. The van der Waals surface area contributed by atoms with Gasteiger partial charge in [0.25, 0.3) is 0 Å². The predicted octanol–water partition coefficient (Wildman–Crippen LogP) is 1.72. The van der Waals surface area contributed by atoms with Crippen LogP contribution < -0.4 is 5.73 Å². The van der Waals surface area contributed by atoms with Gasteiger partial charge in [0.05, 0.1) is 0 Å². The van der Waals surface area contributed by atoms with Crippen LogP contribution in [0, 0.1) is 5.92 Å². The molecule has 0 saturated carbocycles. The number of nitrogens with zero attached hydrogens (tertiary/aromatic N) is 1. The molecule has 0 aliphatic carbocycles. The van der Waals surface area contributed by atoms with E-state index in [-0.39, 0.29) is 0 Å². The van der Waals surface area contributed by atoms with Crippen LogP contribution in [0.1, 0.15) is 25.0 Å². The Bertz CT molecular complexity index is 410. The smallest absolute Gasteiger partial charge is 0.320 e. The van der Waals surface area contributed by atoms with Crippen LogP contribution in [0.2, 0.25) is 0 Å². The van der Waals surface area contributed by atoms with Crippen LogP contribution in [0.5, 0.6) is 0 Å². The first-order chi connectivity index (χ1) is 8.49. The largest absolute Gasteiger partial charge is 0.480 e. The van der Waals surface area contributed by atoms with Gasteiger partial charge in [-0.2, -0.15) is 0 Å². The molecule has 0 bridgehead atoms. The van der Waals surface area contributed by atoms with Crippen molar-refractivity contribution in [1.82, 2.24) is 0 Å². The molecule has 1 aromatic carbocycles. The van der Waals surface area contributed by atoms with E-state index >= 15 is 0 Å². The number of carbonyl (C=O) groups is 1. The van der Waals surface area contributed by atoms with E-state index in [1.165, 1.54) is 0 Å². The second kappa shape index (κ2) is 6.91. The van der Waals surface area contributed by atoms with Gasteiger partial charge in [0, 0.05) is 12.8 Å². The number of nitrogens with two attached hydrogens (primary N) is 1. The summed E-state index contributed by atoms with van der Waals surface area (Å²) in [6.07, 6.45) is 2.18. The third-order valence-electron chi connectivity index (χ3n) is 2.46. The maximum Gasteiger partial charge on any atom is 0.320 e. The minimum absolute atomic E-state index is 0.346. The Balaban J connectivity index is 2.57. The summed E-state index contributed by atoms with van der Waals surface area (Å²) in [6, 6.07) is 6.78. The van der Waals surface area contributed by atoms with Crippen LogP contribution in [0.15, 0.2) is 29.3 Å². The second-order valence-corrected chi connectivity index (χ2v) is 4.78. The average Bonchev–Trinajstić information content (AvgIpc) is 2.30. The van der Waals surface area contributed by atoms with E-state index in [0.717, 1.165) is 17.7 Å². The van der Waals surface area contributed by atoms with Crippen LogP contribution in [0.4, 0.5) is 0 Å². The summed E-state index contributed by atoms with van der Waals surface area (Å²) >= 11 is 0. The van der Waals surface area contributed by atoms with Crippen molar-refractivity contribution in [2.24, 2.45) is 16.6 Å². The van der Waals surface area contributed by atoms with Gasteiger partial charge in [-0.05, 0) is 23.5 Å². The third-order valence-corrected chi connectivity index (χ3v) is 2.46. The molecule has 1 rings (SSSR count). The van der Waals surface area contributed by atoms with Crippen molar-refractivity contribution in [1.29, 1.82) is 0 Å². The van der Waals surface area contributed by atoms with Crippen LogP contribution >= 0.6 is 0 Å². The van der Waals surface area contributed by atoms with Crippen molar-refractivity contribution in [3.05, 3.63) is 35.4 Å². The van der Waals surface area contributed by atoms with E-state index in [4.69, 9.17) is 10.8 Å². The normalized spacial score (nSPS) is 13.1. The van der Waals surface area contributed by atoms with Gasteiger partial charge in [-0.1, -0.05) is 38.1 Å². The molecule has 98 valence electrons. The van der Waals surface area contributed by atoms with Gasteiger partial charge >= 0.3 is 5.97 Å². The van der Waals surface area contributed by atoms with Crippen molar-refractivity contribution >= 4 is 12.2 Å². The first kappa shape index (κ1) is 14.4. The Morgan fingerprint density at radius 2 is 2.00 bits per heavy atom. The highest BCUT2D eigenvalue weighted by Gasteiger charge is 2.11. The van der Waals surface area contributed by atoms with Gasteiger partial charge in [0.1, 0.15) is 6.04 Å². The number of carboxylic acids is 1. The SMILES string of the molecule is CC(C)CN=Cc1ccc(CC(N)C(=O)O)cc1. The van der Waals surface area contributed by atoms with Crippen molar-refractivity contribution < 1.29 is 9.90 Å². The minimum Gasteiger partial charge on any atom is -0.480 e. The molecule has 0 aliphatic heterocycles. The summed E-state index contributed by atoms with van der Waals surface area (Å²) in [7, 11) is 0. The van der Waals surface area contributed by atoms with Crippen LogP contribution in [0.3, 0.4) is 0 Å². The Hall–Kier alpha value is -1.68. The average molecular weight is 248 g/mol. The third kappa shape index (κ3) is 5.10. The standard InChI is InChI=1S/C14H20N2O2/c1-10(2)8-16-9-12-5-3-11(4-6-12)7-13(15)14(17)18/h3-6,9-10,13H,7-8,15H2,1-2H3,(H,17,18). The van der Waals surface area contributed by atoms with Crippen molar-refractivity contribution in [3.63, 3.8) is 0 Å². The van der Waals surface area contributed by atoms with Crippen molar-refractivity contribution in [3.8, 4) is 0 Å². The highest BCUT2D eigenvalue weighted by Crippen LogP contribution is 2.05. The van der Waals surface area contributed by atoms with Gasteiger partial charge in [-0.3, -0.25) is 9.79 Å². The fraction of sp³-hybridized carbons (Fsp3) is 0.429. The molecule has 1 unspecified atom stereocenters. The number of carboxylic acid groups (broad SMARTS) is 1. The molecule has 4 nitrogen and oxygen atoms in total. The Kier molecular flexibility index (Phi) is 5.52. The zero-order chi connectivity index (χ0) is 13.5. The molecule has 0 heterocycles. The lowest BCUT2D eigenvalue weighted by molar-refractivity contribution is -0.138. The molecule has 3 N–H and O–H groups in total. The summed E-state index contributed by atoms with van der Waals surface area (Å²) in [4.78, 5) is 14.9. The zero-order valence-electron chi connectivity index (χ0n) is 10.8. The molecule has 0 fully saturated rings. The molecule has 4 heteroatoms. The van der Waals surface area contributed by atoms with Gasteiger partial charge in [0.15, 0.2) is 0 Å². The van der Waals surface area contributed by atoms with Crippen LogP contribution in [0.25, 0.3) is 0 Å². The van der Waals surface area contributed by atoms with Gasteiger partial charge < -0.3 is 10.8 Å². The van der Waals surface area contributed by atoms with E-state index < -0.39 is 12.0 Å². The van der Waals surface area contributed by atoms with E-state index in [2.05, 4.69) is 18.8 Å². The van der Waals surface area contributed by atoms with Crippen molar-refractivity contribution in [2.45, 2.75) is 26.3 Å². The highest BCUT2D eigenvalue weighted by atomic mass is 16.4. The quantitative estimate of drug-likeness (QED) is 0.752. The zero-order valence-corrected chi connectivity index (χ0v) is 10.8. The topological polar surface area (TPSA) is 75.7 Å². The summed E-state index contributed by atoms with van der Waals surface area (Å²) in [5.41, 5.74) is 7.41. The highest BCUT2D eigenvalue weighted by molar-refractivity contribution is 5.79. The molecule has 1 atom stereocenters. The molecular formula is C14H20N2O2. The molecule has 0 radical (unpaired) electrons. The first-order valence-electron chi connectivity index (χ1n) is 6.06. The lowest BCUT2D eigenvalue weighted by Crippen LogP contribution is -2.32. The number of benzene rings is 1. The summed E-state index contributed by atoms with van der Waals surface area (Å²) in [6.45, 7) is 5.05. The van der Waals surface area contributed by atoms with E-state index in [0.29, 0.717) is 12.3 Å². The first-order valence-corrected chi connectivity index (χ1v) is 6.06. The van der Waals surface area contributed by atoms with Gasteiger partial charge in [0.2, 0.25) is 0 Å². The monoisotopic (exact) mass is 248 g/mol. The number of aliphatic carboxylic acids is 1. The molecule has 0 spiro atoms. The number of hydrogen-bond acceptors (Lipinski definition) is 3. The van der Waals surface area contributed by atoms with E-state index in [9.17, 15) is 4.79 Å². The predicted molar refractivity (Wildman–Crippen MR) is 73.1 cm³/mol. The van der Waals surface area contributed by atoms with Crippen LogP contribution in [-0.2, 0) is 11.2 Å². The Morgan fingerprint density at radius 3 is 2.50 bits per heavy atom. The summed E-state index contributed by atoms with van der Waals surface area (Å²) in [5, 5.41) is 8.72. The maximum absolute atomic E-state index is 10.6. The van der Waals surface area contributed by atoms with Gasteiger partial charge in [-0.25, -0.2) is 0 Å². The Labute approximate surface area is 108 Å². The summed E-state index contributed by atoms with van der Waals surface area (Å²) in [5.74, 6) is -0.424. The molecule has 0 aliphatic rings. The van der Waals surface area contributed by atoms with Crippen molar-refractivity contribution in [2.75, 3.05) is 6.54 Å². The minimum atomic E-state index is -0.974. The molecule has 0 amide bonds. The molecule has 1 aromatic rings. The Morgan fingerprint density at radius 1 is 1.39 bits per heavy atom. The summed E-state index contributed by atoms with van der Waals surface area (Å²) < 4.78 is 0. The number of rotatable bonds is 6. The maximum atomic E-state index is 10.6. The molecular weight excluding hydrogens is 228 g/mol. The van der Waals surface area contributed by atoms with E-state index in [1.807, 2.05) is 30.5 Å². The lowest BCUT2D eigenvalue weighted by atomic mass is 10.1. The molecule has 0 saturated heterocycles. The van der Waals surface area contributed by atoms with E-state index in [1.54, 1.807) is 0 Å². The number of hydrogen-bond donors (Lipinski definition) is 2. The fourth-order valence-electron chi connectivity index (χ4n) is 1.45. The number of aliphatic imine (C=N–C) groups is 1. The van der Waals surface area contributed by atoms with Gasteiger partial charge in [-0.15, -0.1) is 0 Å². The van der Waals surface area contributed by atoms with Crippen LogP contribution in [-0.4, -0.2) is 29.9 Å². The fourth-order valence-corrected chi connectivity index (χ4v) is 1.45.